The summed E-state index contributed by atoms with van der Waals surface area (Å²) in [5.41, 5.74) is 1.39. The molecule has 2 aromatic rings. The molecule has 0 spiro atoms. The number of halogens is 2. The van der Waals surface area contributed by atoms with Crippen LogP contribution in [0.5, 0.6) is 5.75 Å². The summed E-state index contributed by atoms with van der Waals surface area (Å²) in [7, 11) is 1.69. The molecule has 5 nitrogen and oxygen atoms in total. The second-order valence-corrected chi connectivity index (χ2v) is 7.78. The van der Waals surface area contributed by atoms with Crippen LogP contribution in [0.4, 0.5) is 14.5 Å². The first-order valence-corrected chi connectivity index (χ1v) is 10.4. The molecule has 162 valence electrons. The van der Waals surface area contributed by atoms with E-state index in [0.29, 0.717) is 6.42 Å². The van der Waals surface area contributed by atoms with Crippen molar-refractivity contribution in [2.24, 2.45) is 0 Å². The van der Waals surface area contributed by atoms with E-state index in [4.69, 9.17) is 14.2 Å². The molecule has 0 amide bonds. The predicted octanol–water partition coefficient (Wildman–Crippen LogP) is 4.12. The van der Waals surface area contributed by atoms with Crippen molar-refractivity contribution in [3.63, 3.8) is 0 Å². The number of ether oxygens (including phenoxy) is 3. The average molecular weight is 418 g/mol. The summed E-state index contributed by atoms with van der Waals surface area (Å²) in [6.45, 7) is 6.36. The number of rotatable bonds is 7. The Morgan fingerprint density at radius 3 is 2.47 bits per heavy atom. The number of anilines is 1. The van der Waals surface area contributed by atoms with Gasteiger partial charge in [-0.25, -0.2) is 8.78 Å². The molecule has 2 heterocycles. The molecule has 7 heteroatoms. The van der Waals surface area contributed by atoms with Crippen LogP contribution in [-0.2, 0) is 15.3 Å². The fourth-order valence-corrected chi connectivity index (χ4v) is 4.36. The van der Waals surface area contributed by atoms with Crippen LogP contribution >= 0.6 is 0 Å². The monoisotopic (exact) mass is 418 g/mol. The van der Waals surface area contributed by atoms with Gasteiger partial charge in [0.2, 0.25) is 5.79 Å². The molecule has 2 fully saturated rings. The summed E-state index contributed by atoms with van der Waals surface area (Å²) < 4.78 is 44.7. The Hall–Kier alpha value is -2.22. The zero-order valence-corrected chi connectivity index (χ0v) is 17.4. The molecule has 0 saturated carbocycles. The second-order valence-electron chi connectivity index (χ2n) is 7.78. The van der Waals surface area contributed by atoms with Crippen LogP contribution in [0.25, 0.3) is 0 Å². The Morgan fingerprint density at radius 2 is 1.80 bits per heavy atom. The standard InChI is InChI=1S/C23H28F2N2O3/c1-17-29-23(30-17,19-9-8-18(24)16-20(19)25)10-5-11-26-12-14-27(15-13-26)21-6-3-4-7-22(21)28-2/h3-4,6-9,16-17H,5,10-15H2,1-2H3. The summed E-state index contributed by atoms with van der Waals surface area (Å²) in [5, 5.41) is 0. The van der Waals surface area contributed by atoms with E-state index in [9.17, 15) is 8.78 Å². The second kappa shape index (κ2) is 8.88. The van der Waals surface area contributed by atoms with Crippen molar-refractivity contribution in [3.8, 4) is 5.75 Å². The lowest BCUT2D eigenvalue weighted by atomic mass is 9.97. The zero-order chi connectivity index (χ0) is 21.1. The van der Waals surface area contributed by atoms with E-state index >= 15 is 0 Å². The van der Waals surface area contributed by atoms with Crippen LogP contribution in [0.3, 0.4) is 0 Å². The predicted molar refractivity (Wildman–Crippen MR) is 111 cm³/mol. The number of methoxy groups -OCH3 is 1. The molecule has 4 rings (SSSR count). The van der Waals surface area contributed by atoms with Gasteiger partial charge in [0.1, 0.15) is 17.4 Å². The van der Waals surface area contributed by atoms with E-state index in [-0.39, 0.29) is 11.9 Å². The molecule has 2 saturated heterocycles. The fraction of sp³-hybridized carbons (Fsp3) is 0.478. The van der Waals surface area contributed by atoms with Crippen molar-refractivity contribution in [3.05, 3.63) is 59.7 Å². The molecule has 0 atom stereocenters. The van der Waals surface area contributed by atoms with Gasteiger partial charge in [-0.05, 0) is 44.2 Å². The number of hydrogen-bond acceptors (Lipinski definition) is 5. The van der Waals surface area contributed by atoms with Crippen LogP contribution in [0.15, 0.2) is 42.5 Å². The maximum atomic E-state index is 14.3. The lowest BCUT2D eigenvalue weighted by Gasteiger charge is -2.47. The van der Waals surface area contributed by atoms with Gasteiger partial charge in [-0.3, -0.25) is 4.90 Å². The lowest BCUT2D eigenvalue weighted by Crippen LogP contribution is -2.51. The van der Waals surface area contributed by atoms with E-state index < -0.39 is 17.4 Å². The number of nitrogens with zero attached hydrogens (tertiary/aromatic N) is 2. The van der Waals surface area contributed by atoms with E-state index in [1.807, 2.05) is 18.2 Å². The number of piperazine rings is 1. The van der Waals surface area contributed by atoms with Gasteiger partial charge in [-0.1, -0.05) is 12.1 Å². The lowest BCUT2D eigenvalue weighted by molar-refractivity contribution is -0.459. The molecule has 0 radical (unpaired) electrons. The van der Waals surface area contributed by atoms with Gasteiger partial charge in [0.25, 0.3) is 0 Å². The molecule has 30 heavy (non-hydrogen) atoms. The SMILES string of the molecule is COc1ccccc1N1CCN(CCCC2(c3ccc(F)cc3F)OC(C)O2)CC1. The Morgan fingerprint density at radius 1 is 1.07 bits per heavy atom. The minimum absolute atomic E-state index is 0.267. The topological polar surface area (TPSA) is 34.2 Å². The van der Waals surface area contributed by atoms with Gasteiger partial charge < -0.3 is 19.1 Å². The quantitative estimate of drug-likeness (QED) is 0.676. The third-order valence-corrected chi connectivity index (χ3v) is 5.83. The molecule has 0 aromatic heterocycles. The summed E-state index contributed by atoms with van der Waals surface area (Å²) in [6, 6.07) is 11.6. The molecule has 0 bridgehead atoms. The molecular weight excluding hydrogens is 390 g/mol. The van der Waals surface area contributed by atoms with Gasteiger partial charge in [-0.2, -0.15) is 0 Å². The van der Waals surface area contributed by atoms with Crippen LogP contribution < -0.4 is 9.64 Å². The van der Waals surface area contributed by atoms with E-state index in [1.54, 1.807) is 14.0 Å². The molecular formula is C23H28F2N2O3. The first kappa shape index (κ1) is 21.0. The Labute approximate surface area is 176 Å². The Balaban J connectivity index is 1.31. The third kappa shape index (κ3) is 4.29. The largest absolute Gasteiger partial charge is 0.495 e. The average Bonchev–Trinajstić information content (AvgIpc) is 2.73. The van der Waals surface area contributed by atoms with Crippen molar-refractivity contribution in [1.82, 2.24) is 4.90 Å². The van der Waals surface area contributed by atoms with Gasteiger partial charge >= 0.3 is 0 Å². The first-order chi connectivity index (χ1) is 14.5. The maximum absolute atomic E-state index is 14.3. The molecule has 0 unspecified atom stereocenters. The fourth-order valence-electron chi connectivity index (χ4n) is 4.36. The summed E-state index contributed by atoms with van der Waals surface area (Å²) in [5.74, 6) is -1.46. The van der Waals surface area contributed by atoms with Gasteiger partial charge in [-0.15, -0.1) is 0 Å². The van der Waals surface area contributed by atoms with E-state index in [2.05, 4.69) is 15.9 Å². The minimum atomic E-state index is -1.11. The van der Waals surface area contributed by atoms with Crippen molar-refractivity contribution >= 4 is 5.69 Å². The smallest absolute Gasteiger partial charge is 0.203 e. The molecule has 0 N–H and O–H groups in total. The highest BCUT2D eigenvalue weighted by Crippen LogP contribution is 2.43. The van der Waals surface area contributed by atoms with Crippen LogP contribution in [0.2, 0.25) is 0 Å². The van der Waals surface area contributed by atoms with Gasteiger partial charge in [0.15, 0.2) is 6.29 Å². The number of para-hydroxylation sites is 2. The molecule has 2 aromatic carbocycles. The molecule has 2 aliphatic heterocycles. The Kier molecular flexibility index (Phi) is 6.22. The Bertz CT molecular complexity index is 865. The highest BCUT2D eigenvalue weighted by molar-refractivity contribution is 5.58. The summed E-state index contributed by atoms with van der Waals surface area (Å²) in [4.78, 5) is 4.73. The molecule has 2 aliphatic rings. The third-order valence-electron chi connectivity index (χ3n) is 5.83. The van der Waals surface area contributed by atoms with Crippen LogP contribution in [0, 0.1) is 11.6 Å². The summed E-state index contributed by atoms with van der Waals surface area (Å²) in [6.07, 6.45) is 0.920. The van der Waals surface area contributed by atoms with Crippen molar-refractivity contribution in [1.29, 1.82) is 0 Å². The van der Waals surface area contributed by atoms with Gasteiger partial charge in [0.05, 0.1) is 12.8 Å². The van der Waals surface area contributed by atoms with Crippen LogP contribution in [0.1, 0.15) is 25.3 Å². The maximum Gasteiger partial charge on any atom is 0.203 e. The van der Waals surface area contributed by atoms with Crippen molar-refractivity contribution < 1.29 is 23.0 Å². The summed E-state index contributed by atoms with van der Waals surface area (Å²) >= 11 is 0. The van der Waals surface area contributed by atoms with Crippen LogP contribution in [-0.4, -0.2) is 51.0 Å². The number of benzene rings is 2. The number of hydrogen-bond donors (Lipinski definition) is 0. The first-order valence-electron chi connectivity index (χ1n) is 10.4. The minimum Gasteiger partial charge on any atom is -0.495 e. The highest BCUT2D eigenvalue weighted by Gasteiger charge is 2.47. The van der Waals surface area contributed by atoms with E-state index in [1.165, 1.54) is 12.1 Å². The normalized spacial score (nSPS) is 24.5. The van der Waals surface area contributed by atoms with Crippen molar-refractivity contribution in [2.45, 2.75) is 31.8 Å². The van der Waals surface area contributed by atoms with Gasteiger partial charge in [0, 0.05) is 44.2 Å². The molecule has 0 aliphatic carbocycles. The highest BCUT2D eigenvalue weighted by atomic mass is 19.1. The van der Waals surface area contributed by atoms with Crippen molar-refractivity contribution in [2.75, 3.05) is 44.7 Å². The zero-order valence-electron chi connectivity index (χ0n) is 17.4. The van der Waals surface area contributed by atoms with E-state index in [0.717, 1.165) is 56.6 Å².